The third-order valence-corrected chi connectivity index (χ3v) is 3.58. The summed E-state index contributed by atoms with van der Waals surface area (Å²) in [5, 5.41) is 10.8. The molecule has 7 heteroatoms. The molecule has 0 unspecified atom stereocenters. The van der Waals surface area contributed by atoms with E-state index in [4.69, 9.17) is 0 Å². The normalized spacial score (nSPS) is 15.8. The van der Waals surface area contributed by atoms with Crippen LogP contribution in [0.5, 0.6) is 0 Å². The number of Topliss-reactive ketones (excluding diaryl/α,β-unsaturated/α-hetero) is 1. The lowest BCUT2D eigenvalue weighted by molar-refractivity contribution is -0.384. The van der Waals surface area contributed by atoms with Crippen LogP contribution >= 0.6 is 0 Å². The molecule has 0 aromatic heterocycles. The largest absolute Gasteiger partial charge is 0.362 e. The number of benzene rings is 1. The van der Waals surface area contributed by atoms with Gasteiger partial charge in [0.2, 0.25) is 5.91 Å². The molecule has 0 radical (unpaired) electrons. The maximum atomic E-state index is 11.9. The van der Waals surface area contributed by atoms with Gasteiger partial charge in [0.1, 0.15) is 0 Å². The number of carbonyl (C=O) groups is 2. The van der Waals surface area contributed by atoms with E-state index in [2.05, 4.69) is 0 Å². The molecule has 1 aliphatic heterocycles. The van der Waals surface area contributed by atoms with E-state index < -0.39 is 4.92 Å². The van der Waals surface area contributed by atoms with Crippen molar-refractivity contribution in [3.05, 3.63) is 33.9 Å². The Morgan fingerprint density at radius 1 is 1.33 bits per heavy atom. The minimum atomic E-state index is -0.530. The zero-order valence-electron chi connectivity index (χ0n) is 12.0. The van der Waals surface area contributed by atoms with Crippen LogP contribution in [0.15, 0.2) is 18.2 Å². The molecule has 1 aliphatic rings. The summed E-state index contributed by atoms with van der Waals surface area (Å²) in [6, 6.07) is 4.19. The molecule has 21 heavy (non-hydrogen) atoms. The fourth-order valence-electron chi connectivity index (χ4n) is 2.39. The van der Waals surface area contributed by atoms with Crippen molar-refractivity contribution in [1.82, 2.24) is 4.90 Å². The van der Waals surface area contributed by atoms with E-state index in [9.17, 15) is 19.7 Å². The predicted molar refractivity (Wildman–Crippen MR) is 77.6 cm³/mol. The van der Waals surface area contributed by atoms with E-state index >= 15 is 0 Å². The van der Waals surface area contributed by atoms with Crippen molar-refractivity contribution in [2.75, 3.05) is 31.6 Å². The SMILES string of the molecule is CC(=O)c1cc([N+](=O)[O-])ccc1N1CCCN(C)C(=O)C1. The molecule has 7 nitrogen and oxygen atoms in total. The Hall–Kier alpha value is -2.44. The van der Waals surface area contributed by atoms with Crippen molar-refractivity contribution in [3.8, 4) is 0 Å². The second-order valence-corrected chi connectivity index (χ2v) is 5.11. The summed E-state index contributed by atoms with van der Waals surface area (Å²) in [4.78, 5) is 37.5. The topological polar surface area (TPSA) is 83.8 Å². The second kappa shape index (κ2) is 5.90. The average molecular weight is 291 g/mol. The molecule has 1 amide bonds. The van der Waals surface area contributed by atoms with Crippen LogP contribution in [0.3, 0.4) is 0 Å². The van der Waals surface area contributed by atoms with Gasteiger partial charge >= 0.3 is 0 Å². The summed E-state index contributed by atoms with van der Waals surface area (Å²) >= 11 is 0. The second-order valence-electron chi connectivity index (χ2n) is 5.11. The number of hydrogen-bond donors (Lipinski definition) is 0. The van der Waals surface area contributed by atoms with Crippen LogP contribution in [-0.2, 0) is 4.79 Å². The lowest BCUT2D eigenvalue weighted by Gasteiger charge is -2.23. The standard InChI is InChI=1S/C14H17N3O4/c1-10(18)12-8-11(17(20)21)4-5-13(12)16-7-3-6-15(2)14(19)9-16/h4-5,8H,3,6-7,9H2,1-2H3. The van der Waals surface area contributed by atoms with Crippen molar-refractivity contribution in [2.45, 2.75) is 13.3 Å². The van der Waals surface area contributed by atoms with Gasteiger partial charge in [0.25, 0.3) is 5.69 Å². The van der Waals surface area contributed by atoms with Gasteiger partial charge in [-0.15, -0.1) is 0 Å². The number of amides is 1. The molecule has 112 valence electrons. The molecule has 0 atom stereocenters. The predicted octanol–water partition coefficient (Wildman–Crippen LogP) is 1.47. The first-order valence-electron chi connectivity index (χ1n) is 6.68. The van der Waals surface area contributed by atoms with Crippen molar-refractivity contribution < 1.29 is 14.5 Å². The van der Waals surface area contributed by atoms with Gasteiger partial charge in [0.15, 0.2) is 5.78 Å². The number of nitro groups is 1. The molecule has 1 aromatic rings. The molecule has 0 bridgehead atoms. The molecule has 1 heterocycles. The Kier molecular flexibility index (Phi) is 4.21. The number of hydrogen-bond acceptors (Lipinski definition) is 5. The highest BCUT2D eigenvalue weighted by Gasteiger charge is 2.23. The summed E-state index contributed by atoms with van der Waals surface area (Å²) in [7, 11) is 1.74. The Labute approximate surface area is 122 Å². The van der Waals surface area contributed by atoms with Gasteiger partial charge in [0, 0.05) is 43.5 Å². The van der Waals surface area contributed by atoms with E-state index in [1.165, 1.54) is 19.1 Å². The van der Waals surface area contributed by atoms with Crippen molar-refractivity contribution in [3.63, 3.8) is 0 Å². The number of carbonyl (C=O) groups excluding carboxylic acids is 2. The van der Waals surface area contributed by atoms with Crippen LogP contribution in [0, 0.1) is 10.1 Å². The minimum Gasteiger partial charge on any atom is -0.362 e. The number of ketones is 1. The lowest BCUT2D eigenvalue weighted by atomic mass is 10.1. The van der Waals surface area contributed by atoms with E-state index in [1.807, 2.05) is 4.90 Å². The molecule has 0 spiro atoms. The monoisotopic (exact) mass is 291 g/mol. The van der Waals surface area contributed by atoms with E-state index in [0.717, 1.165) is 6.42 Å². The minimum absolute atomic E-state index is 0.0274. The Morgan fingerprint density at radius 3 is 2.67 bits per heavy atom. The zero-order chi connectivity index (χ0) is 15.6. The quantitative estimate of drug-likeness (QED) is 0.478. The van der Waals surface area contributed by atoms with Crippen LogP contribution in [0.2, 0.25) is 0 Å². The lowest BCUT2D eigenvalue weighted by Crippen LogP contribution is -2.34. The van der Waals surface area contributed by atoms with Crippen molar-refractivity contribution in [1.29, 1.82) is 0 Å². The maximum absolute atomic E-state index is 11.9. The molecule has 1 fully saturated rings. The zero-order valence-corrected chi connectivity index (χ0v) is 12.0. The fraction of sp³-hybridized carbons (Fsp3) is 0.429. The van der Waals surface area contributed by atoms with E-state index in [1.54, 1.807) is 18.0 Å². The highest BCUT2D eigenvalue weighted by molar-refractivity contribution is 6.01. The number of rotatable bonds is 3. The van der Waals surface area contributed by atoms with Crippen LogP contribution < -0.4 is 4.90 Å². The maximum Gasteiger partial charge on any atom is 0.270 e. The molecule has 0 aliphatic carbocycles. The van der Waals surface area contributed by atoms with Crippen molar-refractivity contribution in [2.24, 2.45) is 0 Å². The van der Waals surface area contributed by atoms with Gasteiger partial charge in [-0.1, -0.05) is 0 Å². The number of non-ortho nitro benzene ring substituents is 1. The smallest absolute Gasteiger partial charge is 0.270 e. The van der Waals surface area contributed by atoms with Crippen LogP contribution in [-0.4, -0.2) is 48.2 Å². The first-order chi connectivity index (χ1) is 9.90. The Bertz CT molecular complexity index is 600. The van der Waals surface area contributed by atoms with Crippen LogP contribution in [0.25, 0.3) is 0 Å². The fourth-order valence-corrected chi connectivity index (χ4v) is 2.39. The summed E-state index contributed by atoms with van der Waals surface area (Å²) in [5.41, 5.74) is 0.737. The van der Waals surface area contributed by atoms with Gasteiger partial charge < -0.3 is 9.80 Å². The molecule has 0 saturated carbocycles. The van der Waals surface area contributed by atoms with Crippen LogP contribution in [0.4, 0.5) is 11.4 Å². The average Bonchev–Trinajstić information content (AvgIpc) is 2.60. The third kappa shape index (κ3) is 3.18. The summed E-state index contributed by atoms with van der Waals surface area (Å²) in [6.07, 6.45) is 0.788. The Balaban J connectivity index is 2.40. The summed E-state index contributed by atoms with van der Waals surface area (Å²) in [6.45, 7) is 2.84. The highest BCUT2D eigenvalue weighted by Crippen LogP contribution is 2.27. The van der Waals surface area contributed by atoms with Gasteiger partial charge in [-0.2, -0.15) is 0 Å². The highest BCUT2D eigenvalue weighted by atomic mass is 16.6. The van der Waals surface area contributed by atoms with Gasteiger partial charge in [0.05, 0.1) is 11.5 Å². The first-order valence-corrected chi connectivity index (χ1v) is 6.68. The number of anilines is 1. The van der Waals surface area contributed by atoms with Gasteiger partial charge in [-0.25, -0.2) is 0 Å². The van der Waals surface area contributed by atoms with E-state index in [0.29, 0.717) is 18.8 Å². The van der Waals surface area contributed by atoms with Crippen LogP contribution in [0.1, 0.15) is 23.7 Å². The molecule has 1 aromatic carbocycles. The molecular formula is C14H17N3O4. The van der Waals surface area contributed by atoms with Gasteiger partial charge in [-0.05, 0) is 19.4 Å². The molecular weight excluding hydrogens is 274 g/mol. The number of likely N-dealkylation sites (N-methyl/N-ethyl adjacent to an activating group) is 1. The molecule has 1 saturated heterocycles. The van der Waals surface area contributed by atoms with Crippen molar-refractivity contribution >= 4 is 23.1 Å². The Morgan fingerprint density at radius 2 is 2.05 bits per heavy atom. The first kappa shape index (κ1) is 15.0. The van der Waals surface area contributed by atoms with E-state index in [-0.39, 0.29) is 29.5 Å². The van der Waals surface area contributed by atoms with Gasteiger partial charge in [-0.3, -0.25) is 19.7 Å². The summed E-state index contributed by atoms with van der Waals surface area (Å²) < 4.78 is 0. The number of nitro benzene ring substituents is 1. The number of nitrogens with zero attached hydrogens (tertiary/aromatic N) is 3. The summed E-state index contributed by atoms with van der Waals surface area (Å²) in [5.74, 6) is -0.279. The molecule has 0 N–H and O–H groups in total. The molecule has 2 rings (SSSR count). The third-order valence-electron chi connectivity index (χ3n) is 3.58.